The molecule has 0 radical (unpaired) electrons. The lowest BCUT2D eigenvalue weighted by atomic mass is 10.1. The normalized spacial score (nSPS) is 10.1. The van der Waals surface area contributed by atoms with Gasteiger partial charge in [-0.3, -0.25) is 4.98 Å². The van der Waals surface area contributed by atoms with Crippen LogP contribution in [0, 0.1) is 5.82 Å². The van der Waals surface area contributed by atoms with Crippen LogP contribution in [0.15, 0.2) is 47.1 Å². The summed E-state index contributed by atoms with van der Waals surface area (Å²) in [5.41, 5.74) is 1.16. The van der Waals surface area contributed by atoms with Crippen molar-refractivity contribution in [2.24, 2.45) is 0 Å². The Labute approximate surface area is 89.7 Å². The van der Waals surface area contributed by atoms with E-state index in [-0.39, 0.29) is 5.82 Å². The van der Waals surface area contributed by atoms with Crippen molar-refractivity contribution in [3.63, 3.8) is 0 Å². The van der Waals surface area contributed by atoms with E-state index in [0.29, 0.717) is 11.3 Å². The highest BCUT2D eigenvalue weighted by Crippen LogP contribution is 2.22. The zero-order valence-corrected chi connectivity index (χ0v) is 8.83. The number of halogens is 2. The molecule has 0 spiro atoms. The van der Waals surface area contributed by atoms with Gasteiger partial charge in [-0.1, -0.05) is 28.1 Å². The molecule has 1 aromatic carbocycles. The number of aromatic nitrogens is 1. The number of pyridine rings is 1. The average Bonchev–Trinajstić information content (AvgIpc) is 2.18. The fourth-order valence-corrected chi connectivity index (χ4v) is 1.56. The molecule has 0 aliphatic rings. The van der Waals surface area contributed by atoms with E-state index < -0.39 is 0 Å². The molecule has 0 aliphatic carbocycles. The summed E-state index contributed by atoms with van der Waals surface area (Å²) in [5, 5.41) is 0. The van der Waals surface area contributed by atoms with Crippen molar-refractivity contribution in [3.8, 4) is 11.3 Å². The van der Waals surface area contributed by atoms with E-state index in [4.69, 9.17) is 0 Å². The van der Waals surface area contributed by atoms with Crippen molar-refractivity contribution >= 4 is 15.9 Å². The second kappa shape index (κ2) is 3.88. The number of rotatable bonds is 1. The standard InChI is InChI=1S/C11H7BrFN/c12-8-5-6-14-11(7-8)9-3-1-2-4-10(9)13/h1-7H. The smallest absolute Gasteiger partial charge is 0.132 e. The summed E-state index contributed by atoms with van der Waals surface area (Å²) in [6.07, 6.45) is 1.64. The maximum atomic E-state index is 13.4. The van der Waals surface area contributed by atoms with Crippen LogP contribution in [0.5, 0.6) is 0 Å². The maximum absolute atomic E-state index is 13.4. The number of hydrogen-bond donors (Lipinski definition) is 0. The first-order valence-corrected chi connectivity index (χ1v) is 4.93. The molecule has 2 rings (SSSR count). The largest absolute Gasteiger partial charge is 0.256 e. The first kappa shape index (κ1) is 9.34. The van der Waals surface area contributed by atoms with Gasteiger partial charge in [0.05, 0.1) is 5.69 Å². The van der Waals surface area contributed by atoms with Gasteiger partial charge in [0.15, 0.2) is 0 Å². The third-order valence-corrected chi connectivity index (χ3v) is 2.37. The van der Waals surface area contributed by atoms with Gasteiger partial charge in [0.1, 0.15) is 5.82 Å². The number of hydrogen-bond acceptors (Lipinski definition) is 1. The first-order valence-electron chi connectivity index (χ1n) is 4.14. The lowest BCUT2D eigenvalue weighted by Crippen LogP contribution is -1.86. The average molecular weight is 252 g/mol. The lowest BCUT2D eigenvalue weighted by molar-refractivity contribution is 0.630. The van der Waals surface area contributed by atoms with E-state index in [1.807, 2.05) is 6.07 Å². The van der Waals surface area contributed by atoms with Crippen LogP contribution in [-0.4, -0.2) is 4.98 Å². The fourth-order valence-electron chi connectivity index (χ4n) is 1.22. The van der Waals surface area contributed by atoms with Crippen LogP contribution in [0.25, 0.3) is 11.3 Å². The molecule has 0 unspecified atom stereocenters. The molecule has 1 aromatic heterocycles. The topological polar surface area (TPSA) is 12.9 Å². The van der Waals surface area contributed by atoms with Gasteiger partial charge in [0, 0.05) is 16.2 Å². The summed E-state index contributed by atoms with van der Waals surface area (Å²) in [4.78, 5) is 4.10. The Kier molecular flexibility index (Phi) is 2.59. The Hall–Kier alpha value is -1.22. The van der Waals surface area contributed by atoms with Gasteiger partial charge in [-0.2, -0.15) is 0 Å². The van der Waals surface area contributed by atoms with E-state index in [1.54, 1.807) is 30.5 Å². The van der Waals surface area contributed by atoms with Crippen LogP contribution in [-0.2, 0) is 0 Å². The molecule has 2 aromatic rings. The Morgan fingerprint density at radius 1 is 1.14 bits per heavy atom. The molecule has 70 valence electrons. The Morgan fingerprint density at radius 2 is 1.93 bits per heavy atom. The molecule has 3 heteroatoms. The van der Waals surface area contributed by atoms with Crippen molar-refractivity contribution in [1.29, 1.82) is 0 Å². The van der Waals surface area contributed by atoms with E-state index in [2.05, 4.69) is 20.9 Å². The summed E-state index contributed by atoms with van der Waals surface area (Å²) in [7, 11) is 0. The molecule has 0 atom stereocenters. The summed E-state index contributed by atoms with van der Waals surface area (Å²) in [5.74, 6) is -0.252. The molecule has 1 nitrogen and oxygen atoms in total. The SMILES string of the molecule is Fc1ccccc1-c1cc(Br)ccn1. The summed E-state index contributed by atoms with van der Waals surface area (Å²) >= 11 is 3.32. The second-order valence-corrected chi connectivity index (χ2v) is 3.75. The maximum Gasteiger partial charge on any atom is 0.132 e. The van der Waals surface area contributed by atoms with Crippen LogP contribution >= 0.6 is 15.9 Å². The highest BCUT2D eigenvalue weighted by Gasteiger charge is 2.04. The molecule has 14 heavy (non-hydrogen) atoms. The highest BCUT2D eigenvalue weighted by atomic mass is 79.9. The molecule has 0 amide bonds. The van der Waals surface area contributed by atoms with E-state index in [1.165, 1.54) is 6.07 Å². The third kappa shape index (κ3) is 1.82. The molecule has 0 fully saturated rings. The van der Waals surface area contributed by atoms with Gasteiger partial charge < -0.3 is 0 Å². The quantitative estimate of drug-likeness (QED) is 0.754. The van der Waals surface area contributed by atoms with Crippen LogP contribution < -0.4 is 0 Å². The first-order chi connectivity index (χ1) is 6.77. The van der Waals surface area contributed by atoms with E-state index in [0.717, 1.165) is 4.47 Å². The van der Waals surface area contributed by atoms with Crippen molar-refractivity contribution in [1.82, 2.24) is 4.98 Å². The predicted molar refractivity (Wildman–Crippen MR) is 57.3 cm³/mol. The van der Waals surface area contributed by atoms with Gasteiger partial charge in [0.25, 0.3) is 0 Å². The minimum Gasteiger partial charge on any atom is -0.256 e. The van der Waals surface area contributed by atoms with Crippen LogP contribution in [0.3, 0.4) is 0 Å². The predicted octanol–water partition coefficient (Wildman–Crippen LogP) is 3.65. The van der Waals surface area contributed by atoms with Gasteiger partial charge in [-0.15, -0.1) is 0 Å². The Balaban J connectivity index is 2.55. The minimum absolute atomic E-state index is 0.252. The van der Waals surface area contributed by atoms with Crippen LogP contribution in [0.2, 0.25) is 0 Å². The summed E-state index contributed by atoms with van der Waals surface area (Å²) in [6, 6.07) is 10.2. The number of nitrogens with zero attached hydrogens (tertiary/aromatic N) is 1. The van der Waals surface area contributed by atoms with Crippen LogP contribution in [0.1, 0.15) is 0 Å². The Morgan fingerprint density at radius 3 is 2.64 bits per heavy atom. The molecule has 0 saturated carbocycles. The van der Waals surface area contributed by atoms with Gasteiger partial charge in [-0.25, -0.2) is 4.39 Å². The number of benzene rings is 1. The third-order valence-electron chi connectivity index (χ3n) is 1.87. The van der Waals surface area contributed by atoms with E-state index in [9.17, 15) is 4.39 Å². The monoisotopic (exact) mass is 251 g/mol. The molecule has 0 aliphatic heterocycles. The zero-order valence-electron chi connectivity index (χ0n) is 7.24. The Bertz CT molecular complexity index is 457. The lowest BCUT2D eigenvalue weighted by Gasteiger charge is -2.01. The zero-order chi connectivity index (χ0) is 9.97. The fraction of sp³-hybridized carbons (Fsp3) is 0. The molecule has 0 bridgehead atoms. The van der Waals surface area contributed by atoms with Crippen molar-refractivity contribution < 1.29 is 4.39 Å². The molecular formula is C11H7BrFN. The van der Waals surface area contributed by atoms with Crippen molar-refractivity contribution in [3.05, 3.63) is 52.9 Å². The van der Waals surface area contributed by atoms with Crippen molar-refractivity contribution in [2.45, 2.75) is 0 Å². The summed E-state index contributed by atoms with van der Waals surface area (Å²) < 4.78 is 14.2. The highest BCUT2D eigenvalue weighted by molar-refractivity contribution is 9.10. The van der Waals surface area contributed by atoms with Gasteiger partial charge in [0.2, 0.25) is 0 Å². The molecule has 1 heterocycles. The van der Waals surface area contributed by atoms with Crippen molar-refractivity contribution in [2.75, 3.05) is 0 Å². The van der Waals surface area contributed by atoms with E-state index >= 15 is 0 Å². The van der Waals surface area contributed by atoms with Gasteiger partial charge in [-0.05, 0) is 24.3 Å². The molecule has 0 saturated heterocycles. The summed E-state index contributed by atoms with van der Waals surface area (Å²) in [6.45, 7) is 0. The second-order valence-electron chi connectivity index (χ2n) is 2.84. The molecular weight excluding hydrogens is 245 g/mol. The molecule has 0 N–H and O–H groups in total. The minimum atomic E-state index is -0.252. The van der Waals surface area contributed by atoms with Gasteiger partial charge >= 0.3 is 0 Å². The van der Waals surface area contributed by atoms with Crippen LogP contribution in [0.4, 0.5) is 4.39 Å².